The van der Waals surface area contributed by atoms with Gasteiger partial charge in [0.25, 0.3) is 0 Å². The average molecular weight is 337 g/mol. The van der Waals surface area contributed by atoms with Crippen LogP contribution >= 0.6 is 15.9 Å². The monoisotopic (exact) mass is 336 g/mol. The fraction of sp³-hybridized carbons (Fsp3) is 0.647. The summed E-state index contributed by atoms with van der Waals surface area (Å²) in [7, 11) is 0. The van der Waals surface area contributed by atoms with Crippen molar-refractivity contribution < 1.29 is 0 Å². The minimum Gasteiger partial charge on any atom is -0.324 e. The van der Waals surface area contributed by atoms with E-state index in [-0.39, 0.29) is 6.04 Å². The van der Waals surface area contributed by atoms with Gasteiger partial charge in [-0.05, 0) is 55.8 Å². The van der Waals surface area contributed by atoms with Gasteiger partial charge in [0, 0.05) is 23.1 Å². The van der Waals surface area contributed by atoms with Gasteiger partial charge in [0.2, 0.25) is 0 Å². The van der Waals surface area contributed by atoms with Crippen LogP contribution in [0.4, 0.5) is 0 Å². The number of hydrogen-bond donors (Lipinski definition) is 1. The molecule has 1 aliphatic carbocycles. The van der Waals surface area contributed by atoms with Gasteiger partial charge < -0.3 is 10.6 Å². The van der Waals surface area contributed by atoms with E-state index in [4.69, 9.17) is 5.73 Å². The Morgan fingerprint density at radius 1 is 1.15 bits per heavy atom. The van der Waals surface area contributed by atoms with Crippen LogP contribution in [0.25, 0.3) is 0 Å². The van der Waals surface area contributed by atoms with Gasteiger partial charge in [-0.25, -0.2) is 0 Å². The van der Waals surface area contributed by atoms with Crippen molar-refractivity contribution in [3.8, 4) is 0 Å². The van der Waals surface area contributed by atoms with Crippen LogP contribution in [0.2, 0.25) is 0 Å². The number of likely N-dealkylation sites (tertiary alicyclic amines) is 1. The summed E-state index contributed by atoms with van der Waals surface area (Å²) in [5, 5.41) is 0. The Balaban J connectivity index is 1.52. The highest BCUT2D eigenvalue weighted by atomic mass is 79.9. The summed E-state index contributed by atoms with van der Waals surface area (Å²) >= 11 is 3.48. The predicted octanol–water partition coefficient (Wildman–Crippen LogP) is 4.10. The zero-order valence-corrected chi connectivity index (χ0v) is 13.7. The Labute approximate surface area is 130 Å². The standard InChI is InChI=1S/C17H25BrN2/c18-15-7-5-13(6-8-15)16(19)10-12-20-11-9-14-3-1-2-4-17(14)20/h5-8,14,16-17H,1-4,9-12,19H2. The lowest BCUT2D eigenvalue weighted by Gasteiger charge is -2.32. The van der Waals surface area contributed by atoms with E-state index in [1.54, 1.807) is 0 Å². The molecule has 0 spiro atoms. The highest BCUT2D eigenvalue weighted by molar-refractivity contribution is 9.10. The van der Waals surface area contributed by atoms with Crippen molar-refractivity contribution in [2.24, 2.45) is 11.7 Å². The molecule has 1 saturated carbocycles. The molecule has 2 nitrogen and oxygen atoms in total. The molecule has 3 rings (SSSR count). The third kappa shape index (κ3) is 3.26. The molecule has 3 atom stereocenters. The molecular weight excluding hydrogens is 312 g/mol. The minimum absolute atomic E-state index is 0.172. The Morgan fingerprint density at radius 2 is 1.90 bits per heavy atom. The van der Waals surface area contributed by atoms with E-state index >= 15 is 0 Å². The molecule has 0 amide bonds. The Morgan fingerprint density at radius 3 is 2.70 bits per heavy atom. The number of nitrogens with zero attached hydrogens (tertiary/aromatic N) is 1. The first-order valence-electron chi connectivity index (χ1n) is 7.99. The molecule has 1 aliphatic heterocycles. The van der Waals surface area contributed by atoms with E-state index < -0.39 is 0 Å². The minimum atomic E-state index is 0.172. The van der Waals surface area contributed by atoms with Gasteiger partial charge in [-0.2, -0.15) is 0 Å². The van der Waals surface area contributed by atoms with Gasteiger partial charge in [-0.1, -0.05) is 40.9 Å². The van der Waals surface area contributed by atoms with Gasteiger partial charge in [0.05, 0.1) is 0 Å². The van der Waals surface area contributed by atoms with Crippen LogP contribution in [0, 0.1) is 5.92 Å². The Hall–Kier alpha value is -0.380. The molecule has 3 heteroatoms. The summed E-state index contributed by atoms with van der Waals surface area (Å²) in [6.07, 6.45) is 8.24. The maximum atomic E-state index is 6.35. The lowest BCUT2D eigenvalue weighted by Crippen LogP contribution is -2.36. The second-order valence-corrected chi connectivity index (χ2v) is 7.30. The van der Waals surface area contributed by atoms with Gasteiger partial charge in [0.15, 0.2) is 0 Å². The van der Waals surface area contributed by atoms with Crippen molar-refractivity contribution in [2.75, 3.05) is 13.1 Å². The normalized spacial score (nSPS) is 28.3. The van der Waals surface area contributed by atoms with Crippen LogP contribution < -0.4 is 5.73 Å². The van der Waals surface area contributed by atoms with Crippen molar-refractivity contribution in [1.29, 1.82) is 0 Å². The topological polar surface area (TPSA) is 29.3 Å². The maximum Gasteiger partial charge on any atom is 0.0307 e. The first kappa shape index (κ1) is 14.6. The molecule has 0 bridgehead atoms. The van der Waals surface area contributed by atoms with Crippen molar-refractivity contribution in [1.82, 2.24) is 4.90 Å². The van der Waals surface area contributed by atoms with Crippen LogP contribution in [-0.2, 0) is 0 Å². The van der Waals surface area contributed by atoms with Crippen molar-refractivity contribution in [3.05, 3.63) is 34.3 Å². The lowest BCUT2D eigenvalue weighted by atomic mass is 9.85. The zero-order chi connectivity index (χ0) is 13.9. The second kappa shape index (κ2) is 6.59. The van der Waals surface area contributed by atoms with Crippen LogP contribution in [0.5, 0.6) is 0 Å². The second-order valence-electron chi connectivity index (χ2n) is 6.38. The largest absolute Gasteiger partial charge is 0.324 e. The molecule has 20 heavy (non-hydrogen) atoms. The molecule has 0 aromatic heterocycles. The molecule has 2 aliphatic rings. The molecule has 0 radical (unpaired) electrons. The van der Waals surface area contributed by atoms with Gasteiger partial charge in [0.1, 0.15) is 0 Å². The summed E-state index contributed by atoms with van der Waals surface area (Å²) in [6.45, 7) is 2.46. The summed E-state index contributed by atoms with van der Waals surface area (Å²) in [5.74, 6) is 0.979. The molecular formula is C17H25BrN2. The molecule has 3 unspecified atom stereocenters. The fourth-order valence-electron chi connectivity index (χ4n) is 3.96. The van der Waals surface area contributed by atoms with Crippen molar-refractivity contribution in [2.45, 2.75) is 50.6 Å². The van der Waals surface area contributed by atoms with E-state index in [9.17, 15) is 0 Å². The van der Waals surface area contributed by atoms with E-state index in [0.717, 1.165) is 22.9 Å². The van der Waals surface area contributed by atoms with Crippen molar-refractivity contribution >= 4 is 15.9 Å². The molecule has 1 aromatic carbocycles. The molecule has 2 N–H and O–H groups in total. The van der Waals surface area contributed by atoms with Gasteiger partial charge in [-0.15, -0.1) is 0 Å². The number of fused-ring (bicyclic) bond motifs is 1. The van der Waals surface area contributed by atoms with Gasteiger partial charge in [-0.3, -0.25) is 0 Å². The van der Waals surface area contributed by atoms with Crippen LogP contribution in [0.3, 0.4) is 0 Å². The predicted molar refractivity (Wildman–Crippen MR) is 87.6 cm³/mol. The third-order valence-corrected chi connectivity index (χ3v) is 5.68. The number of nitrogens with two attached hydrogens (primary N) is 1. The number of benzene rings is 1. The fourth-order valence-corrected chi connectivity index (χ4v) is 4.23. The van der Waals surface area contributed by atoms with Crippen LogP contribution in [0.1, 0.15) is 50.1 Å². The van der Waals surface area contributed by atoms with E-state index in [1.807, 2.05) is 0 Å². The Kier molecular flexibility index (Phi) is 4.79. The first-order valence-corrected chi connectivity index (χ1v) is 8.78. The zero-order valence-electron chi connectivity index (χ0n) is 12.1. The van der Waals surface area contributed by atoms with E-state index in [2.05, 4.69) is 45.1 Å². The number of halogens is 1. The summed E-state index contributed by atoms with van der Waals surface area (Å²) in [5.41, 5.74) is 7.61. The molecule has 1 saturated heterocycles. The van der Waals surface area contributed by atoms with Crippen LogP contribution in [-0.4, -0.2) is 24.0 Å². The van der Waals surface area contributed by atoms with Crippen LogP contribution in [0.15, 0.2) is 28.7 Å². The molecule has 1 heterocycles. The first-order chi connectivity index (χ1) is 9.74. The summed E-state index contributed by atoms with van der Waals surface area (Å²) in [6, 6.07) is 9.49. The molecule has 2 fully saturated rings. The lowest BCUT2D eigenvalue weighted by molar-refractivity contribution is 0.178. The Bertz CT molecular complexity index is 431. The smallest absolute Gasteiger partial charge is 0.0307 e. The van der Waals surface area contributed by atoms with Crippen molar-refractivity contribution in [3.63, 3.8) is 0 Å². The maximum absolute atomic E-state index is 6.35. The van der Waals surface area contributed by atoms with E-state index in [1.165, 1.54) is 50.8 Å². The number of hydrogen-bond acceptors (Lipinski definition) is 2. The average Bonchev–Trinajstić information content (AvgIpc) is 2.89. The number of rotatable bonds is 4. The quantitative estimate of drug-likeness (QED) is 0.896. The summed E-state index contributed by atoms with van der Waals surface area (Å²) in [4.78, 5) is 2.71. The highest BCUT2D eigenvalue weighted by Crippen LogP contribution is 2.36. The molecule has 1 aromatic rings. The van der Waals surface area contributed by atoms with E-state index in [0.29, 0.717) is 0 Å². The third-order valence-electron chi connectivity index (χ3n) is 5.15. The highest BCUT2D eigenvalue weighted by Gasteiger charge is 2.35. The molecule has 110 valence electrons. The SMILES string of the molecule is NC(CCN1CCC2CCCCC21)c1ccc(Br)cc1. The summed E-state index contributed by atoms with van der Waals surface area (Å²) < 4.78 is 1.12. The van der Waals surface area contributed by atoms with Gasteiger partial charge >= 0.3 is 0 Å².